The molecular formula is C11H12FN3O5. The first-order valence-corrected chi connectivity index (χ1v) is 5.48. The lowest BCUT2D eigenvalue weighted by Gasteiger charge is -2.14. The maximum absolute atomic E-state index is 13.7. The van der Waals surface area contributed by atoms with Gasteiger partial charge in [-0.05, 0) is 13.0 Å². The Morgan fingerprint density at radius 1 is 1.55 bits per heavy atom. The second kappa shape index (κ2) is 5.95. The number of nitro groups is 1. The highest BCUT2D eigenvalue weighted by atomic mass is 19.1. The van der Waals surface area contributed by atoms with Crippen molar-refractivity contribution in [1.29, 1.82) is 0 Å². The Morgan fingerprint density at radius 3 is 2.60 bits per heavy atom. The molecule has 1 amide bonds. The number of rotatable bonds is 6. The van der Waals surface area contributed by atoms with E-state index in [2.05, 4.69) is 5.32 Å². The van der Waals surface area contributed by atoms with Gasteiger partial charge in [-0.15, -0.1) is 0 Å². The standard InChI is InChI=1S/C11H12FN3O5/c1-5(2-10(13)16)14-8-3-6(11(17)18)9(15(19)20)4-7(8)12/h3-5,14H,2H2,1H3,(H2,13,16)(H,17,18). The minimum Gasteiger partial charge on any atom is -0.477 e. The van der Waals surface area contributed by atoms with Crippen LogP contribution in [0.25, 0.3) is 0 Å². The van der Waals surface area contributed by atoms with Gasteiger partial charge in [0.2, 0.25) is 5.91 Å². The van der Waals surface area contributed by atoms with Crippen molar-refractivity contribution in [3.63, 3.8) is 0 Å². The van der Waals surface area contributed by atoms with E-state index in [1.54, 1.807) is 0 Å². The second-order valence-corrected chi connectivity index (χ2v) is 4.13. The summed E-state index contributed by atoms with van der Waals surface area (Å²) in [7, 11) is 0. The molecule has 4 N–H and O–H groups in total. The van der Waals surface area contributed by atoms with Crippen LogP contribution in [0.5, 0.6) is 0 Å². The van der Waals surface area contributed by atoms with Crippen LogP contribution in [0.2, 0.25) is 0 Å². The summed E-state index contributed by atoms with van der Waals surface area (Å²) in [6.45, 7) is 1.53. The molecule has 0 fully saturated rings. The number of primary amides is 1. The normalized spacial score (nSPS) is 11.7. The number of nitrogens with zero attached hydrogens (tertiary/aromatic N) is 1. The Morgan fingerprint density at radius 2 is 2.15 bits per heavy atom. The van der Waals surface area contributed by atoms with E-state index in [1.165, 1.54) is 6.92 Å². The van der Waals surface area contributed by atoms with Crippen LogP contribution in [0.3, 0.4) is 0 Å². The average Bonchev–Trinajstić information content (AvgIpc) is 2.29. The molecule has 108 valence electrons. The van der Waals surface area contributed by atoms with Crippen LogP contribution in [0.4, 0.5) is 15.8 Å². The third-order valence-electron chi connectivity index (χ3n) is 2.42. The number of carboxylic acids is 1. The molecule has 1 aromatic carbocycles. The Hall–Kier alpha value is -2.71. The molecule has 20 heavy (non-hydrogen) atoms. The van der Waals surface area contributed by atoms with E-state index in [9.17, 15) is 24.1 Å². The minimum absolute atomic E-state index is 0.0984. The molecule has 0 aliphatic carbocycles. The molecule has 0 saturated heterocycles. The zero-order valence-corrected chi connectivity index (χ0v) is 10.4. The van der Waals surface area contributed by atoms with E-state index in [1.807, 2.05) is 0 Å². The largest absolute Gasteiger partial charge is 0.477 e. The lowest BCUT2D eigenvalue weighted by molar-refractivity contribution is -0.385. The quantitative estimate of drug-likeness (QED) is 0.529. The zero-order valence-electron chi connectivity index (χ0n) is 10.4. The van der Waals surface area contributed by atoms with Crippen LogP contribution in [0.1, 0.15) is 23.7 Å². The fourth-order valence-corrected chi connectivity index (χ4v) is 1.61. The average molecular weight is 285 g/mol. The van der Waals surface area contributed by atoms with Crippen molar-refractivity contribution in [2.45, 2.75) is 19.4 Å². The van der Waals surface area contributed by atoms with Gasteiger partial charge in [-0.25, -0.2) is 9.18 Å². The second-order valence-electron chi connectivity index (χ2n) is 4.13. The Kier molecular flexibility index (Phi) is 4.57. The van der Waals surface area contributed by atoms with Gasteiger partial charge in [-0.1, -0.05) is 0 Å². The molecule has 8 nitrogen and oxygen atoms in total. The summed E-state index contributed by atoms with van der Waals surface area (Å²) >= 11 is 0. The molecule has 1 unspecified atom stereocenters. The number of amides is 1. The van der Waals surface area contributed by atoms with Crippen LogP contribution in [0.15, 0.2) is 12.1 Å². The van der Waals surface area contributed by atoms with Gasteiger partial charge in [-0.3, -0.25) is 14.9 Å². The van der Waals surface area contributed by atoms with Gasteiger partial charge < -0.3 is 16.2 Å². The van der Waals surface area contributed by atoms with Gasteiger partial charge in [0.25, 0.3) is 5.69 Å². The summed E-state index contributed by atoms with van der Waals surface area (Å²) in [6, 6.07) is 0.779. The topological polar surface area (TPSA) is 136 Å². The van der Waals surface area contributed by atoms with Crippen molar-refractivity contribution in [3.05, 3.63) is 33.6 Å². The van der Waals surface area contributed by atoms with Crippen LogP contribution in [-0.4, -0.2) is 27.9 Å². The molecule has 1 aromatic rings. The third-order valence-corrected chi connectivity index (χ3v) is 2.42. The summed E-state index contributed by atoms with van der Waals surface area (Å²) in [6.07, 6.45) is -0.0984. The number of nitrogens with two attached hydrogens (primary N) is 1. The maximum atomic E-state index is 13.7. The Bertz CT molecular complexity index is 575. The lowest BCUT2D eigenvalue weighted by Crippen LogP contribution is -2.24. The number of hydrogen-bond acceptors (Lipinski definition) is 5. The van der Waals surface area contributed by atoms with Gasteiger partial charge in [-0.2, -0.15) is 0 Å². The van der Waals surface area contributed by atoms with Crippen molar-refractivity contribution in [2.24, 2.45) is 5.73 Å². The lowest BCUT2D eigenvalue weighted by atomic mass is 10.1. The summed E-state index contributed by atoms with van der Waals surface area (Å²) < 4.78 is 13.7. The fraction of sp³-hybridized carbons (Fsp3) is 0.273. The first-order valence-electron chi connectivity index (χ1n) is 5.48. The number of carboxylic acid groups (broad SMARTS) is 1. The number of benzene rings is 1. The summed E-state index contributed by atoms with van der Waals surface area (Å²) in [4.78, 5) is 31.3. The summed E-state index contributed by atoms with van der Waals surface area (Å²) in [5.74, 6) is -3.16. The number of aromatic carboxylic acids is 1. The van der Waals surface area contributed by atoms with E-state index >= 15 is 0 Å². The zero-order chi connectivity index (χ0) is 15.4. The van der Waals surface area contributed by atoms with Gasteiger partial charge >= 0.3 is 5.97 Å². The molecule has 1 rings (SSSR count). The van der Waals surface area contributed by atoms with Gasteiger partial charge in [0.05, 0.1) is 16.7 Å². The van der Waals surface area contributed by atoms with Gasteiger partial charge in [0, 0.05) is 12.5 Å². The molecule has 0 radical (unpaired) electrons. The molecule has 0 aliphatic heterocycles. The van der Waals surface area contributed by atoms with Crippen LogP contribution in [0, 0.1) is 15.9 Å². The molecular weight excluding hydrogens is 273 g/mol. The Labute approximate surface area is 112 Å². The highest BCUT2D eigenvalue weighted by molar-refractivity contribution is 5.93. The van der Waals surface area contributed by atoms with Crippen molar-refractivity contribution in [1.82, 2.24) is 0 Å². The molecule has 0 heterocycles. The highest BCUT2D eigenvalue weighted by Crippen LogP contribution is 2.26. The molecule has 0 spiro atoms. The number of halogens is 1. The first-order chi connectivity index (χ1) is 9.22. The van der Waals surface area contributed by atoms with Crippen LogP contribution >= 0.6 is 0 Å². The van der Waals surface area contributed by atoms with Gasteiger partial charge in [0.15, 0.2) is 5.82 Å². The molecule has 0 saturated carbocycles. The third kappa shape index (κ3) is 3.64. The number of nitro benzene ring substituents is 1. The maximum Gasteiger partial charge on any atom is 0.342 e. The molecule has 9 heteroatoms. The molecule has 0 aliphatic rings. The fourth-order valence-electron chi connectivity index (χ4n) is 1.61. The number of nitrogens with one attached hydrogen (secondary N) is 1. The van der Waals surface area contributed by atoms with E-state index in [0.29, 0.717) is 6.07 Å². The smallest absolute Gasteiger partial charge is 0.342 e. The van der Waals surface area contributed by atoms with Gasteiger partial charge in [0.1, 0.15) is 5.56 Å². The van der Waals surface area contributed by atoms with E-state index in [4.69, 9.17) is 10.8 Å². The van der Waals surface area contributed by atoms with Crippen molar-refractivity contribution in [2.75, 3.05) is 5.32 Å². The SMILES string of the molecule is CC(CC(N)=O)Nc1cc(C(=O)O)c([N+](=O)[O-])cc1F. The molecule has 0 bridgehead atoms. The minimum atomic E-state index is -1.55. The number of carbonyl (C=O) groups is 2. The predicted octanol–water partition coefficient (Wildman–Crippen LogP) is 1.11. The molecule has 0 aromatic heterocycles. The van der Waals surface area contributed by atoms with Crippen LogP contribution in [-0.2, 0) is 4.79 Å². The first kappa shape index (κ1) is 15.3. The van der Waals surface area contributed by atoms with E-state index in [-0.39, 0.29) is 12.1 Å². The number of carbonyl (C=O) groups excluding carboxylic acids is 1. The monoisotopic (exact) mass is 285 g/mol. The van der Waals surface area contributed by atoms with E-state index in [0.717, 1.165) is 6.07 Å². The number of hydrogen-bond donors (Lipinski definition) is 3. The molecule has 1 atom stereocenters. The van der Waals surface area contributed by atoms with Crippen molar-refractivity contribution >= 4 is 23.3 Å². The summed E-state index contributed by atoms with van der Waals surface area (Å²) in [5.41, 5.74) is 3.23. The van der Waals surface area contributed by atoms with E-state index < -0.39 is 39.9 Å². The van der Waals surface area contributed by atoms with Crippen LogP contribution < -0.4 is 11.1 Å². The predicted molar refractivity (Wildman–Crippen MR) is 66.9 cm³/mol. The number of anilines is 1. The van der Waals surface area contributed by atoms with Crippen molar-refractivity contribution < 1.29 is 24.0 Å². The van der Waals surface area contributed by atoms with Crippen molar-refractivity contribution in [3.8, 4) is 0 Å². The summed E-state index contributed by atoms with van der Waals surface area (Å²) in [5, 5.41) is 22.1. The Balaban J connectivity index is 3.16. The highest BCUT2D eigenvalue weighted by Gasteiger charge is 2.23.